The standard InChI is InChI=1S/C27H32N2O5/c1-3-4-9-19(16-25(30)31)29-26(32)18(2)14-15-28-27(33)34-17-24-22-12-7-5-10-20(22)21-11-6-8-13-23(21)24/h5-8,10-14,19,24H,3-4,9,15-17H2,1-2H3,(H,28,33)(H,29,32)(H,30,31)/b18-14+/t19-/m1/s1. The number of ether oxygens (including phenoxy) is 1. The van der Waals surface area contributed by atoms with Crippen molar-refractivity contribution in [1.82, 2.24) is 10.6 Å². The largest absolute Gasteiger partial charge is 0.481 e. The molecule has 7 heteroatoms. The van der Waals surface area contributed by atoms with Crippen LogP contribution in [0.4, 0.5) is 4.79 Å². The van der Waals surface area contributed by atoms with E-state index >= 15 is 0 Å². The maximum Gasteiger partial charge on any atom is 0.407 e. The predicted octanol–water partition coefficient (Wildman–Crippen LogP) is 4.62. The number of aliphatic carboxylic acids is 1. The van der Waals surface area contributed by atoms with Crippen molar-refractivity contribution >= 4 is 18.0 Å². The second kappa shape index (κ2) is 12.0. The van der Waals surface area contributed by atoms with E-state index in [-0.39, 0.29) is 31.4 Å². The first-order chi connectivity index (χ1) is 16.4. The second-order valence-corrected chi connectivity index (χ2v) is 8.50. The highest BCUT2D eigenvalue weighted by atomic mass is 16.5. The maximum atomic E-state index is 12.4. The molecule has 1 aliphatic rings. The third-order valence-electron chi connectivity index (χ3n) is 6.02. The maximum absolute atomic E-state index is 12.4. The molecule has 0 saturated carbocycles. The lowest BCUT2D eigenvalue weighted by atomic mass is 9.98. The van der Waals surface area contributed by atoms with Crippen LogP contribution < -0.4 is 10.6 Å². The zero-order valence-electron chi connectivity index (χ0n) is 19.7. The van der Waals surface area contributed by atoms with Gasteiger partial charge >= 0.3 is 12.1 Å². The molecule has 0 unspecified atom stereocenters. The summed E-state index contributed by atoms with van der Waals surface area (Å²) < 4.78 is 5.49. The van der Waals surface area contributed by atoms with Gasteiger partial charge in [0.05, 0.1) is 6.42 Å². The number of nitrogens with one attached hydrogen (secondary N) is 2. The molecule has 34 heavy (non-hydrogen) atoms. The zero-order chi connectivity index (χ0) is 24.5. The number of unbranched alkanes of at least 4 members (excludes halogenated alkanes) is 1. The van der Waals surface area contributed by atoms with Gasteiger partial charge in [0.25, 0.3) is 0 Å². The average Bonchev–Trinajstić information content (AvgIpc) is 3.14. The Balaban J connectivity index is 1.49. The molecule has 0 saturated heterocycles. The molecule has 1 atom stereocenters. The van der Waals surface area contributed by atoms with Crippen molar-refractivity contribution in [1.29, 1.82) is 0 Å². The number of amides is 2. The zero-order valence-corrected chi connectivity index (χ0v) is 19.7. The topological polar surface area (TPSA) is 105 Å². The fourth-order valence-electron chi connectivity index (χ4n) is 4.22. The van der Waals surface area contributed by atoms with E-state index in [9.17, 15) is 14.4 Å². The molecule has 2 aromatic rings. The van der Waals surface area contributed by atoms with Crippen molar-refractivity contribution in [2.24, 2.45) is 0 Å². The molecule has 0 fully saturated rings. The Hall–Kier alpha value is -3.61. The van der Waals surface area contributed by atoms with E-state index in [0.29, 0.717) is 12.0 Å². The number of carboxylic acids is 1. The van der Waals surface area contributed by atoms with Gasteiger partial charge in [-0.1, -0.05) is 74.4 Å². The van der Waals surface area contributed by atoms with Gasteiger partial charge in [0.2, 0.25) is 5.91 Å². The van der Waals surface area contributed by atoms with Crippen molar-refractivity contribution in [3.05, 3.63) is 71.3 Å². The van der Waals surface area contributed by atoms with Crippen LogP contribution in [0.3, 0.4) is 0 Å². The smallest absolute Gasteiger partial charge is 0.407 e. The van der Waals surface area contributed by atoms with E-state index in [0.717, 1.165) is 35.1 Å². The lowest BCUT2D eigenvalue weighted by Gasteiger charge is -2.17. The van der Waals surface area contributed by atoms with Gasteiger partial charge in [-0.3, -0.25) is 9.59 Å². The van der Waals surface area contributed by atoms with Crippen LogP contribution in [-0.2, 0) is 14.3 Å². The van der Waals surface area contributed by atoms with E-state index in [1.54, 1.807) is 13.0 Å². The summed E-state index contributed by atoms with van der Waals surface area (Å²) in [5, 5.41) is 14.5. The monoisotopic (exact) mass is 464 g/mol. The second-order valence-electron chi connectivity index (χ2n) is 8.50. The van der Waals surface area contributed by atoms with Gasteiger partial charge < -0.3 is 20.5 Å². The van der Waals surface area contributed by atoms with Crippen LogP contribution in [0.2, 0.25) is 0 Å². The molecule has 0 heterocycles. The van der Waals surface area contributed by atoms with Crippen LogP contribution in [0.5, 0.6) is 0 Å². The van der Waals surface area contributed by atoms with Crippen molar-refractivity contribution in [2.75, 3.05) is 13.2 Å². The van der Waals surface area contributed by atoms with Gasteiger partial charge in [0.1, 0.15) is 6.61 Å². The fourth-order valence-corrected chi connectivity index (χ4v) is 4.22. The first-order valence-corrected chi connectivity index (χ1v) is 11.7. The van der Waals surface area contributed by atoms with Crippen LogP contribution >= 0.6 is 0 Å². The number of alkyl carbamates (subject to hydrolysis) is 1. The van der Waals surface area contributed by atoms with Crippen molar-refractivity contribution in [3.8, 4) is 11.1 Å². The molecule has 1 aliphatic carbocycles. The Kier molecular flexibility index (Phi) is 8.85. The molecule has 3 N–H and O–H groups in total. The Morgan fingerprint density at radius 1 is 1.06 bits per heavy atom. The van der Waals surface area contributed by atoms with Crippen molar-refractivity contribution in [3.63, 3.8) is 0 Å². The Bertz CT molecular complexity index is 1020. The molecule has 0 aliphatic heterocycles. The average molecular weight is 465 g/mol. The van der Waals surface area contributed by atoms with Crippen molar-refractivity contribution in [2.45, 2.75) is 51.5 Å². The number of rotatable bonds is 11. The van der Waals surface area contributed by atoms with E-state index in [2.05, 4.69) is 34.9 Å². The van der Waals surface area contributed by atoms with Gasteiger partial charge in [0, 0.05) is 24.1 Å². The van der Waals surface area contributed by atoms with Gasteiger partial charge in [-0.15, -0.1) is 0 Å². The number of hydrogen-bond donors (Lipinski definition) is 3. The lowest BCUT2D eigenvalue weighted by Crippen LogP contribution is -2.37. The van der Waals surface area contributed by atoms with Crippen LogP contribution in [0.25, 0.3) is 11.1 Å². The number of fused-ring (bicyclic) bond motifs is 3. The minimum Gasteiger partial charge on any atom is -0.481 e. The summed E-state index contributed by atoms with van der Waals surface area (Å²) in [6.45, 7) is 4.00. The molecule has 2 amide bonds. The summed E-state index contributed by atoms with van der Waals surface area (Å²) in [5.41, 5.74) is 5.02. The number of carbonyl (C=O) groups is 3. The van der Waals surface area contributed by atoms with E-state index in [1.165, 1.54) is 0 Å². The van der Waals surface area contributed by atoms with Gasteiger partial charge in [-0.2, -0.15) is 0 Å². The summed E-state index contributed by atoms with van der Waals surface area (Å²) in [6, 6.07) is 15.8. The normalized spacial score (nSPS) is 13.5. The molecule has 2 aromatic carbocycles. The number of carbonyl (C=O) groups excluding carboxylic acids is 2. The first kappa shape index (κ1) is 25.0. The summed E-state index contributed by atoms with van der Waals surface area (Å²) in [7, 11) is 0. The Labute approximate surface area is 200 Å². The van der Waals surface area contributed by atoms with E-state index in [1.807, 2.05) is 31.2 Å². The molecular weight excluding hydrogens is 432 g/mol. The molecule has 7 nitrogen and oxygen atoms in total. The quantitative estimate of drug-likeness (QED) is 0.421. The fraction of sp³-hybridized carbons (Fsp3) is 0.370. The molecule has 0 aromatic heterocycles. The van der Waals surface area contributed by atoms with Crippen LogP contribution in [0.1, 0.15) is 56.6 Å². The number of benzene rings is 2. The molecule has 0 spiro atoms. The van der Waals surface area contributed by atoms with E-state index in [4.69, 9.17) is 9.84 Å². The number of hydrogen-bond acceptors (Lipinski definition) is 4. The SMILES string of the molecule is CCCC[C@H](CC(=O)O)NC(=O)/C(C)=C/CNC(=O)OCC1c2ccccc2-c2ccccc21. The van der Waals surface area contributed by atoms with Crippen molar-refractivity contribution < 1.29 is 24.2 Å². The Morgan fingerprint density at radius 3 is 2.26 bits per heavy atom. The molecule has 0 radical (unpaired) electrons. The summed E-state index contributed by atoms with van der Waals surface area (Å²) in [5.74, 6) is -1.30. The first-order valence-electron chi connectivity index (χ1n) is 11.7. The van der Waals surface area contributed by atoms with Gasteiger partial charge in [-0.25, -0.2) is 4.79 Å². The molecule has 0 bridgehead atoms. The predicted molar refractivity (Wildman–Crippen MR) is 131 cm³/mol. The molecule has 180 valence electrons. The highest BCUT2D eigenvalue weighted by molar-refractivity contribution is 5.93. The highest BCUT2D eigenvalue weighted by Gasteiger charge is 2.28. The summed E-state index contributed by atoms with van der Waals surface area (Å²) >= 11 is 0. The summed E-state index contributed by atoms with van der Waals surface area (Å²) in [6.07, 6.45) is 3.29. The molecular formula is C27H32N2O5. The van der Waals surface area contributed by atoms with Gasteiger partial charge in [-0.05, 0) is 35.6 Å². The third-order valence-corrected chi connectivity index (χ3v) is 6.02. The molecule has 3 rings (SSSR count). The number of carboxylic acid groups (broad SMARTS) is 1. The third kappa shape index (κ3) is 6.47. The van der Waals surface area contributed by atoms with Gasteiger partial charge in [0.15, 0.2) is 0 Å². The Morgan fingerprint density at radius 2 is 1.68 bits per heavy atom. The summed E-state index contributed by atoms with van der Waals surface area (Å²) in [4.78, 5) is 35.7. The minimum atomic E-state index is -0.944. The van der Waals surface area contributed by atoms with Crippen LogP contribution in [0, 0.1) is 0 Å². The van der Waals surface area contributed by atoms with Crippen LogP contribution in [0.15, 0.2) is 60.2 Å². The van der Waals surface area contributed by atoms with E-state index < -0.39 is 18.1 Å². The highest BCUT2D eigenvalue weighted by Crippen LogP contribution is 2.44. The minimum absolute atomic E-state index is 0.0181. The lowest BCUT2D eigenvalue weighted by molar-refractivity contribution is -0.137. The van der Waals surface area contributed by atoms with Crippen LogP contribution in [-0.4, -0.2) is 42.3 Å².